The van der Waals surface area contributed by atoms with Crippen LogP contribution in [0, 0.1) is 0 Å². The predicted octanol–water partition coefficient (Wildman–Crippen LogP) is 1.54. The molecule has 0 saturated heterocycles. The van der Waals surface area contributed by atoms with Crippen LogP contribution in [0.1, 0.15) is 39.0 Å². The normalized spacial score (nSPS) is 12.0. The van der Waals surface area contributed by atoms with Gasteiger partial charge in [-0.1, -0.05) is 0 Å². The first-order valence-corrected chi connectivity index (χ1v) is 5.56. The summed E-state index contributed by atoms with van der Waals surface area (Å²) in [6.07, 6.45) is 1.80. The van der Waals surface area contributed by atoms with Crippen molar-refractivity contribution in [2.24, 2.45) is 0 Å². The summed E-state index contributed by atoms with van der Waals surface area (Å²) in [6.45, 7) is 7.78. The second kappa shape index (κ2) is 5.96. The number of methoxy groups -OCH3 is 1. The van der Waals surface area contributed by atoms with Crippen LogP contribution in [-0.4, -0.2) is 29.4 Å². The van der Waals surface area contributed by atoms with Crippen LogP contribution < -0.4 is 5.32 Å². The molecule has 16 heavy (non-hydrogen) atoms. The summed E-state index contributed by atoms with van der Waals surface area (Å²) in [5, 5.41) is 11.2. The summed E-state index contributed by atoms with van der Waals surface area (Å²) in [6, 6.07) is 0. The minimum absolute atomic E-state index is 0.163. The van der Waals surface area contributed by atoms with Crippen LogP contribution in [-0.2, 0) is 17.8 Å². The van der Waals surface area contributed by atoms with Gasteiger partial charge >= 0.3 is 0 Å². The SMILES string of the molecule is COCc1nnc(CCCNC(C)(C)C)o1. The molecule has 1 aromatic heterocycles. The standard InChI is InChI=1S/C11H21N3O2/c1-11(2,3)12-7-5-6-9-13-14-10(16-9)8-15-4/h12H,5-8H2,1-4H3. The van der Waals surface area contributed by atoms with Gasteiger partial charge < -0.3 is 14.5 Å². The van der Waals surface area contributed by atoms with E-state index in [9.17, 15) is 0 Å². The van der Waals surface area contributed by atoms with Gasteiger partial charge in [0, 0.05) is 19.1 Å². The highest BCUT2D eigenvalue weighted by atomic mass is 16.5. The van der Waals surface area contributed by atoms with E-state index in [4.69, 9.17) is 9.15 Å². The van der Waals surface area contributed by atoms with E-state index in [1.807, 2.05) is 0 Å². The largest absolute Gasteiger partial charge is 0.423 e. The molecule has 1 aromatic rings. The molecule has 0 fully saturated rings. The van der Waals surface area contributed by atoms with E-state index in [1.165, 1.54) is 0 Å². The van der Waals surface area contributed by atoms with Crippen molar-refractivity contribution in [1.82, 2.24) is 15.5 Å². The number of hydrogen-bond acceptors (Lipinski definition) is 5. The van der Waals surface area contributed by atoms with Crippen LogP contribution in [0.25, 0.3) is 0 Å². The van der Waals surface area contributed by atoms with E-state index in [1.54, 1.807) is 7.11 Å². The molecule has 0 aliphatic rings. The van der Waals surface area contributed by atoms with Crippen LogP contribution in [0.4, 0.5) is 0 Å². The number of nitrogens with one attached hydrogen (secondary N) is 1. The molecule has 1 N–H and O–H groups in total. The first-order chi connectivity index (χ1) is 7.51. The lowest BCUT2D eigenvalue weighted by Gasteiger charge is -2.19. The van der Waals surface area contributed by atoms with E-state index in [-0.39, 0.29) is 5.54 Å². The van der Waals surface area contributed by atoms with Gasteiger partial charge in [0.1, 0.15) is 6.61 Å². The zero-order valence-corrected chi connectivity index (χ0v) is 10.5. The molecular formula is C11H21N3O2. The molecular weight excluding hydrogens is 206 g/mol. The lowest BCUT2D eigenvalue weighted by molar-refractivity contribution is 0.158. The molecule has 0 aliphatic heterocycles. The van der Waals surface area contributed by atoms with Crippen LogP contribution in [0.15, 0.2) is 4.42 Å². The Morgan fingerprint density at radius 1 is 1.25 bits per heavy atom. The molecule has 0 aliphatic carbocycles. The number of rotatable bonds is 6. The summed E-state index contributed by atoms with van der Waals surface area (Å²) in [4.78, 5) is 0. The zero-order chi connectivity index (χ0) is 12.0. The quantitative estimate of drug-likeness (QED) is 0.747. The second-order valence-corrected chi connectivity index (χ2v) is 4.80. The van der Waals surface area contributed by atoms with E-state index in [0.717, 1.165) is 19.4 Å². The maximum Gasteiger partial charge on any atom is 0.242 e. The molecule has 0 amide bonds. The smallest absolute Gasteiger partial charge is 0.242 e. The zero-order valence-electron chi connectivity index (χ0n) is 10.5. The summed E-state index contributed by atoms with van der Waals surface area (Å²) >= 11 is 0. The van der Waals surface area contributed by atoms with Gasteiger partial charge in [0.15, 0.2) is 0 Å². The highest BCUT2D eigenvalue weighted by Crippen LogP contribution is 2.04. The fourth-order valence-corrected chi connectivity index (χ4v) is 1.27. The third-order valence-electron chi connectivity index (χ3n) is 2.00. The molecule has 0 radical (unpaired) electrons. The van der Waals surface area contributed by atoms with Crippen molar-refractivity contribution < 1.29 is 9.15 Å². The van der Waals surface area contributed by atoms with Gasteiger partial charge in [-0.05, 0) is 33.7 Å². The molecule has 1 rings (SSSR count). The fourth-order valence-electron chi connectivity index (χ4n) is 1.27. The topological polar surface area (TPSA) is 60.2 Å². The van der Waals surface area contributed by atoms with E-state index >= 15 is 0 Å². The molecule has 0 bridgehead atoms. The van der Waals surface area contributed by atoms with E-state index in [0.29, 0.717) is 18.4 Å². The Hall–Kier alpha value is -0.940. The average Bonchev–Trinajstić information content (AvgIpc) is 2.60. The Balaban J connectivity index is 2.21. The Kier molecular flexibility index (Phi) is 4.89. The Labute approximate surface area is 96.6 Å². The summed E-state index contributed by atoms with van der Waals surface area (Å²) in [5.41, 5.74) is 0.163. The lowest BCUT2D eigenvalue weighted by atomic mass is 10.1. The summed E-state index contributed by atoms with van der Waals surface area (Å²) < 4.78 is 10.3. The Morgan fingerprint density at radius 2 is 1.94 bits per heavy atom. The second-order valence-electron chi connectivity index (χ2n) is 4.80. The van der Waals surface area contributed by atoms with Crippen molar-refractivity contribution in [3.63, 3.8) is 0 Å². The lowest BCUT2D eigenvalue weighted by Crippen LogP contribution is -2.36. The minimum atomic E-state index is 0.163. The van der Waals surface area contributed by atoms with Crippen LogP contribution in [0.3, 0.4) is 0 Å². The molecule has 0 spiro atoms. The number of aryl methyl sites for hydroxylation is 1. The molecule has 0 saturated carbocycles. The van der Waals surface area contributed by atoms with Gasteiger partial charge in [0.25, 0.3) is 0 Å². The molecule has 0 atom stereocenters. The van der Waals surface area contributed by atoms with Crippen molar-refractivity contribution in [2.75, 3.05) is 13.7 Å². The maximum atomic E-state index is 5.38. The summed E-state index contributed by atoms with van der Waals surface area (Å²) in [5.74, 6) is 1.23. The molecule has 92 valence electrons. The Morgan fingerprint density at radius 3 is 2.56 bits per heavy atom. The Bertz CT molecular complexity index is 304. The first-order valence-electron chi connectivity index (χ1n) is 5.56. The third kappa shape index (κ3) is 5.23. The minimum Gasteiger partial charge on any atom is -0.423 e. The highest BCUT2D eigenvalue weighted by Gasteiger charge is 2.09. The number of hydrogen-bond donors (Lipinski definition) is 1. The predicted molar refractivity (Wildman–Crippen MR) is 61.1 cm³/mol. The van der Waals surface area contributed by atoms with Gasteiger partial charge in [-0.3, -0.25) is 0 Å². The van der Waals surface area contributed by atoms with Crippen LogP contribution in [0.2, 0.25) is 0 Å². The van der Waals surface area contributed by atoms with Gasteiger partial charge in [-0.25, -0.2) is 0 Å². The summed E-state index contributed by atoms with van der Waals surface area (Å²) in [7, 11) is 1.61. The number of nitrogens with zero attached hydrogens (tertiary/aromatic N) is 2. The number of ether oxygens (including phenoxy) is 1. The number of aromatic nitrogens is 2. The highest BCUT2D eigenvalue weighted by molar-refractivity contribution is 4.81. The third-order valence-corrected chi connectivity index (χ3v) is 2.00. The first kappa shape index (κ1) is 13.1. The van der Waals surface area contributed by atoms with E-state index in [2.05, 4.69) is 36.3 Å². The average molecular weight is 227 g/mol. The maximum absolute atomic E-state index is 5.38. The van der Waals surface area contributed by atoms with Crippen LogP contribution >= 0.6 is 0 Å². The van der Waals surface area contributed by atoms with Gasteiger partial charge in [0.05, 0.1) is 0 Å². The fraction of sp³-hybridized carbons (Fsp3) is 0.818. The monoisotopic (exact) mass is 227 g/mol. The van der Waals surface area contributed by atoms with Crippen molar-refractivity contribution in [3.8, 4) is 0 Å². The van der Waals surface area contributed by atoms with Gasteiger partial charge in [-0.15, -0.1) is 10.2 Å². The molecule has 5 heteroatoms. The van der Waals surface area contributed by atoms with Crippen molar-refractivity contribution in [1.29, 1.82) is 0 Å². The molecule has 1 heterocycles. The molecule has 0 aromatic carbocycles. The van der Waals surface area contributed by atoms with Crippen molar-refractivity contribution in [3.05, 3.63) is 11.8 Å². The van der Waals surface area contributed by atoms with Crippen LogP contribution in [0.5, 0.6) is 0 Å². The van der Waals surface area contributed by atoms with Gasteiger partial charge in [0.2, 0.25) is 11.8 Å². The van der Waals surface area contributed by atoms with E-state index < -0.39 is 0 Å². The van der Waals surface area contributed by atoms with Crippen molar-refractivity contribution in [2.45, 2.75) is 45.8 Å². The molecule has 5 nitrogen and oxygen atoms in total. The molecule has 0 unspecified atom stereocenters. The van der Waals surface area contributed by atoms with Gasteiger partial charge in [-0.2, -0.15) is 0 Å². The van der Waals surface area contributed by atoms with Crippen molar-refractivity contribution >= 4 is 0 Å².